The number of hydrogen-bond donors (Lipinski definition) is 0. The second kappa shape index (κ2) is 13.6. The van der Waals surface area contributed by atoms with Crippen molar-refractivity contribution in [2.24, 2.45) is 11.3 Å². The van der Waals surface area contributed by atoms with Crippen molar-refractivity contribution in [3.63, 3.8) is 0 Å². The number of amides is 1. The van der Waals surface area contributed by atoms with Gasteiger partial charge in [0.05, 0.1) is 13.3 Å². The molecule has 0 atom stereocenters. The number of anilines is 1. The zero-order chi connectivity index (χ0) is 35.2. The summed E-state index contributed by atoms with van der Waals surface area (Å²) in [6.45, 7) is 18.8. The van der Waals surface area contributed by atoms with Crippen LogP contribution in [0.1, 0.15) is 116 Å². The molecule has 0 N–H and O–H groups in total. The highest BCUT2D eigenvalue weighted by Crippen LogP contribution is 2.58. The number of carbonyl (C=O) groups excluding carboxylic acids is 1. The Morgan fingerprint density at radius 2 is 1.67 bits per heavy atom. The SMILES string of the molecule is COc1ccc(C23CCC(CN(C(=O)C4CCC(O[Si](C)(C)C(C)(C)C)CC4)c4cc(-c5cnn(C(C)C)c5)ccn4)(CC2)CC3)cc1C. The summed E-state index contributed by atoms with van der Waals surface area (Å²) in [6.07, 6.45) is 16.7. The van der Waals surface area contributed by atoms with E-state index in [1.54, 1.807) is 7.11 Å². The van der Waals surface area contributed by atoms with Crippen molar-refractivity contribution in [2.45, 2.75) is 141 Å². The predicted octanol–water partition coefficient (Wildman–Crippen LogP) is 10.0. The number of aromatic nitrogens is 3. The lowest BCUT2D eigenvalue weighted by Crippen LogP contribution is -2.52. The average molecular weight is 685 g/mol. The molecule has 2 bridgehead atoms. The lowest BCUT2D eigenvalue weighted by Gasteiger charge is -2.55. The zero-order valence-corrected chi connectivity index (χ0v) is 32.6. The van der Waals surface area contributed by atoms with Crippen molar-refractivity contribution in [1.29, 1.82) is 0 Å². The summed E-state index contributed by atoms with van der Waals surface area (Å²) in [5.74, 6) is 1.98. The standard InChI is InChI=1S/C41H60N4O3Si/c1-29(2)45-27-33(26-43-45)32-16-23-42-37(25-32)44(38(46)31-10-13-35(14-11-31)48-49(8,9)39(4,5)6)28-40-17-20-41(21-18-40,22-19-40)34-12-15-36(47-7)30(3)24-34/h12,15-16,23-27,29,31,35H,10-11,13-14,17-22,28H2,1-9H3. The van der Waals surface area contributed by atoms with Crippen LogP contribution < -0.4 is 9.64 Å². The number of fused-ring (bicyclic) bond motifs is 3. The van der Waals surface area contributed by atoms with E-state index < -0.39 is 8.32 Å². The summed E-state index contributed by atoms with van der Waals surface area (Å²) in [7, 11) is -0.106. The van der Waals surface area contributed by atoms with Crippen molar-refractivity contribution in [1.82, 2.24) is 14.8 Å². The number of hydrogen-bond acceptors (Lipinski definition) is 5. The van der Waals surface area contributed by atoms with Crippen LogP contribution in [0.15, 0.2) is 48.9 Å². The Labute approximate surface area is 296 Å². The molecule has 4 fully saturated rings. The van der Waals surface area contributed by atoms with Gasteiger partial charge in [-0.25, -0.2) is 4.98 Å². The van der Waals surface area contributed by atoms with Crippen LogP contribution in [0.25, 0.3) is 11.1 Å². The van der Waals surface area contributed by atoms with E-state index in [0.717, 1.165) is 74.2 Å². The Morgan fingerprint density at radius 1 is 1.00 bits per heavy atom. The maximum absolute atomic E-state index is 14.7. The molecule has 1 aromatic carbocycles. The molecule has 7 rings (SSSR count). The highest BCUT2D eigenvalue weighted by molar-refractivity contribution is 6.74. The molecule has 0 unspecified atom stereocenters. The van der Waals surface area contributed by atoms with Crippen molar-refractivity contribution in [2.75, 3.05) is 18.6 Å². The largest absolute Gasteiger partial charge is 0.496 e. The number of rotatable bonds is 10. The first-order valence-electron chi connectivity index (χ1n) is 18.8. The van der Waals surface area contributed by atoms with E-state index in [0.29, 0.717) is 0 Å². The van der Waals surface area contributed by atoms with E-state index in [-0.39, 0.29) is 39.8 Å². The predicted molar refractivity (Wildman–Crippen MR) is 202 cm³/mol. The third kappa shape index (κ3) is 7.28. The molecular weight excluding hydrogens is 625 g/mol. The van der Waals surface area contributed by atoms with Gasteiger partial charge in [0, 0.05) is 42.6 Å². The Hall–Kier alpha value is -2.97. The molecule has 4 aliphatic rings. The van der Waals surface area contributed by atoms with Gasteiger partial charge in [0.2, 0.25) is 5.91 Å². The minimum absolute atomic E-state index is 0.00152. The Balaban J connectivity index is 1.23. The maximum atomic E-state index is 14.7. The number of nitrogens with zero attached hydrogens (tertiary/aromatic N) is 4. The third-order valence-electron chi connectivity index (χ3n) is 12.9. The Bertz CT molecular complexity index is 1610. The number of carbonyl (C=O) groups is 1. The molecule has 0 saturated heterocycles. The number of methoxy groups -OCH3 is 1. The monoisotopic (exact) mass is 684 g/mol. The molecule has 0 aliphatic heterocycles. The molecule has 7 nitrogen and oxygen atoms in total. The summed E-state index contributed by atoms with van der Waals surface area (Å²) in [4.78, 5) is 21.7. The van der Waals surface area contributed by atoms with Gasteiger partial charge in [-0.05, 0) is 149 Å². The van der Waals surface area contributed by atoms with Crippen LogP contribution >= 0.6 is 0 Å². The quantitative estimate of drug-likeness (QED) is 0.199. The second-order valence-electron chi connectivity index (χ2n) is 17.4. The summed E-state index contributed by atoms with van der Waals surface area (Å²) >= 11 is 0. The number of aryl methyl sites for hydroxylation is 1. The molecule has 3 aromatic rings. The first-order chi connectivity index (χ1) is 23.1. The van der Waals surface area contributed by atoms with Gasteiger partial charge in [0.1, 0.15) is 11.6 Å². The van der Waals surface area contributed by atoms with E-state index >= 15 is 0 Å². The first-order valence-corrected chi connectivity index (χ1v) is 21.7. The maximum Gasteiger partial charge on any atom is 0.231 e. The first kappa shape index (κ1) is 35.8. The topological polar surface area (TPSA) is 69.5 Å². The van der Waals surface area contributed by atoms with E-state index in [9.17, 15) is 4.79 Å². The van der Waals surface area contributed by atoms with E-state index in [1.807, 2.05) is 23.1 Å². The second-order valence-corrected chi connectivity index (χ2v) is 22.2. The van der Waals surface area contributed by atoms with Gasteiger partial charge in [-0.15, -0.1) is 0 Å². The van der Waals surface area contributed by atoms with E-state index in [1.165, 1.54) is 30.4 Å². The minimum Gasteiger partial charge on any atom is -0.496 e. The van der Waals surface area contributed by atoms with Gasteiger partial charge in [0.25, 0.3) is 0 Å². The molecule has 4 aliphatic carbocycles. The molecule has 4 saturated carbocycles. The fourth-order valence-electron chi connectivity index (χ4n) is 8.51. The molecule has 1 amide bonds. The van der Waals surface area contributed by atoms with Crippen LogP contribution in [-0.2, 0) is 14.6 Å². The highest BCUT2D eigenvalue weighted by atomic mass is 28.4. The molecular formula is C41H60N4O3Si. The Kier molecular flexibility index (Phi) is 9.97. The summed E-state index contributed by atoms with van der Waals surface area (Å²) < 4.78 is 14.4. The van der Waals surface area contributed by atoms with Crippen LogP contribution in [0.3, 0.4) is 0 Å². The van der Waals surface area contributed by atoms with Crippen LogP contribution in [0.2, 0.25) is 18.1 Å². The normalized spacial score (nSPS) is 25.8. The number of pyridine rings is 1. The van der Waals surface area contributed by atoms with Crippen LogP contribution in [0.4, 0.5) is 5.82 Å². The van der Waals surface area contributed by atoms with Gasteiger partial charge in [-0.2, -0.15) is 5.10 Å². The van der Waals surface area contributed by atoms with Crippen molar-refractivity contribution >= 4 is 20.0 Å². The summed E-state index contributed by atoms with van der Waals surface area (Å²) in [6, 6.07) is 11.2. The molecule has 2 aromatic heterocycles. The molecule has 2 heterocycles. The molecule has 49 heavy (non-hydrogen) atoms. The smallest absolute Gasteiger partial charge is 0.231 e. The third-order valence-corrected chi connectivity index (χ3v) is 17.5. The van der Waals surface area contributed by atoms with Crippen LogP contribution in [0, 0.1) is 18.3 Å². The lowest BCUT2D eigenvalue weighted by atomic mass is 9.51. The van der Waals surface area contributed by atoms with E-state index in [4.69, 9.17) is 14.1 Å². The van der Waals surface area contributed by atoms with Gasteiger partial charge >= 0.3 is 0 Å². The number of benzene rings is 1. The summed E-state index contributed by atoms with van der Waals surface area (Å²) in [5, 5.41) is 4.77. The van der Waals surface area contributed by atoms with Gasteiger partial charge in [0.15, 0.2) is 8.32 Å². The lowest BCUT2D eigenvalue weighted by molar-refractivity contribution is -0.124. The van der Waals surface area contributed by atoms with Gasteiger partial charge in [-0.3, -0.25) is 14.4 Å². The van der Waals surface area contributed by atoms with Crippen molar-refractivity contribution < 1.29 is 14.0 Å². The molecule has 0 radical (unpaired) electrons. The summed E-state index contributed by atoms with van der Waals surface area (Å²) in [5.41, 5.74) is 5.12. The molecule has 8 heteroatoms. The van der Waals surface area contributed by atoms with E-state index in [2.05, 4.69) is 95.1 Å². The van der Waals surface area contributed by atoms with Crippen molar-refractivity contribution in [3.8, 4) is 16.9 Å². The van der Waals surface area contributed by atoms with Crippen LogP contribution in [0.5, 0.6) is 5.75 Å². The zero-order valence-electron chi connectivity index (χ0n) is 31.6. The van der Waals surface area contributed by atoms with Gasteiger partial charge < -0.3 is 9.16 Å². The minimum atomic E-state index is -1.86. The highest BCUT2D eigenvalue weighted by Gasteiger charge is 2.51. The molecule has 0 spiro atoms. The van der Waals surface area contributed by atoms with Crippen LogP contribution in [-0.4, -0.2) is 48.7 Å². The fourth-order valence-corrected chi connectivity index (χ4v) is 9.93. The average Bonchev–Trinajstić information content (AvgIpc) is 3.59. The number of ether oxygens (including phenoxy) is 1. The van der Waals surface area contributed by atoms with Gasteiger partial charge in [-0.1, -0.05) is 32.9 Å². The van der Waals surface area contributed by atoms with Crippen molar-refractivity contribution in [3.05, 3.63) is 60.0 Å². The fraction of sp³-hybridized carbons (Fsp3) is 0.634. The molecule has 266 valence electrons. The Morgan fingerprint density at radius 3 is 2.24 bits per heavy atom.